The number of amides is 3. The SMILES string of the molecule is NC(=O)Nc1cc(Cl)ccc1OCC(=O)N1CCOC(Cc2ccc(F)cc2)CC1. The number of hydrogen-bond acceptors (Lipinski definition) is 4. The number of anilines is 1. The molecule has 1 fully saturated rings. The minimum absolute atomic E-state index is 0.0446. The maximum Gasteiger partial charge on any atom is 0.316 e. The summed E-state index contributed by atoms with van der Waals surface area (Å²) in [4.78, 5) is 25.4. The summed E-state index contributed by atoms with van der Waals surface area (Å²) in [7, 11) is 0. The molecule has 1 aliphatic rings. The zero-order chi connectivity index (χ0) is 21.5. The molecular formula is C21H23ClFN3O4. The number of ether oxygens (including phenoxy) is 2. The first-order chi connectivity index (χ1) is 14.4. The molecule has 9 heteroatoms. The molecule has 1 unspecified atom stereocenters. The molecule has 0 spiro atoms. The van der Waals surface area contributed by atoms with Gasteiger partial charge in [-0.25, -0.2) is 9.18 Å². The number of nitrogens with zero attached hydrogens (tertiary/aromatic N) is 1. The summed E-state index contributed by atoms with van der Waals surface area (Å²) in [5.41, 5.74) is 6.43. The number of primary amides is 1. The van der Waals surface area contributed by atoms with Crippen LogP contribution < -0.4 is 15.8 Å². The van der Waals surface area contributed by atoms with Gasteiger partial charge in [0.05, 0.1) is 18.4 Å². The molecule has 160 valence electrons. The molecule has 0 radical (unpaired) electrons. The highest BCUT2D eigenvalue weighted by atomic mass is 35.5. The monoisotopic (exact) mass is 435 g/mol. The summed E-state index contributed by atoms with van der Waals surface area (Å²) in [5, 5.41) is 2.82. The van der Waals surface area contributed by atoms with Crippen LogP contribution in [0.4, 0.5) is 14.9 Å². The Bertz CT molecular complexity index is 894. The van der Waals surface area contributed by atoms with E-state index in [-0.39, 0.29) is 24.4 Å². The van der Waals surface area contributed by atoms with Gasteiger partial charge in [-0.2, -0.15) is 0 Å². The third-order valence-corrected chi connectivity index (χ3v) is 4.95. The second-order valence-corrected chi connectivity index (χ2v) is 7.35. The van der Waals surface area contributed by atoms with Crippen LogP contribution in [-0.4, -0.2) is 49.2 Å². The third kappa shape index (κ3) is 6.33. The smallest absolute Gasteiger partial charge is 0.316 e. The fraction of sp³-hybridized carbons (Fsp3) is 0.333. The molecule has 1 aliphatic heterocycles. The van der Waals surface area contributed by atoms with Crippen molar-refractivity contribution in [3.63, 3.8) is 0 Å². The first-order valence-corrected chi connectivity index (χ1v) is 9.91. The highest BCUT2D eigenvalue weighted by Gasteiger charge is 2.22. The molecule has 7 nitrogen and oxygen atoms in total. The zero-order valence-corrected chi connectivity index (χ0v) is 17.0. The summed E-state index contributed by atoms with van der Waals surface area (Å²) >= 11 is 5.93. The molecule has 3 N–H and O–H groups in total. The lowest BCUT2D eigenvalue weighted by Crippen LogP contribution is -2.36. The maximum atomic E-state index is 13.1. The van der Waals surface area contributed by atoms with Crippen molar-refractivity contribution in [1.82, 2.24) is 4.90 Å². The number of carbonyl (C=O) groups excluding carboxylic acids is 2. The normalized spacial score (nSPS) is 16.6. The van der Waals surface area contributed by atoms with Crippen molar-refractivity contribution in [3.05, 3.63) is 58.9 Å². The minimum atomic E-state index is -0.759. The Labute approximate surface area is 178 Å². The van der Waals surface area contributed by atoms with Gasteiger partial charge < -0.3 is 25.4 Å². The predicted octanol–water partition coefficient (Wildman–Crippen LogP) is 3.21. The molecule has 1 heterocycles. The summed E-state index contributed by atoms with van der Waals surface area (Å²) in [6.45, 7) is 1.20. The lowest BCUT2D eigenvalue weighted by molar-refractivity contribution is -0.133. The van der Waals surface area contributed by atoms with E-state index in [2.05, 4.69) is 5.32 Å². The Kier molecular flexibility index (Phi) is 7.48. The maximum absolute atomic E-state index is 13.1. The summed E-state index contributed by atoms with van der Waals surface area (Å²) < 4.78 is 24.5. The molecular weight excluding hydrogens is 413 g/mol. The van der Waals surface area contributed by atoms with Gasteiger partial charge in [-0.05, 0) is 48.7 Å². The van der Waals surface area contributed by atoms with E-state index in [1.165, 1.54) is 18.2 Å². The Balaban J connectivity index is 1.53. The molecule has 30 heavy (non-hydrogen) atoms. The van der Waals surface area contributed by atoms with Crippen molar-refractivity contribution < 1.29 is 23.5 Å². The lowest BCUT2D eigenvalue weighted by Gasteiger charge is -2.20. The van der Waals surface area contributed by atoms with Crippen LogP contribution >= 0.6 is 11.6 Å². The minimum Gasteiger partial charge on any atom is -0.482 e. The van der Waals surface area contributed by atoms with E-state index in [4.69, 9.17) is 26.8 Å². The molecule has 1 atom stereocenters. The second kappa shape index (κ2) is 10.3. The van der Waals surface area contributed by atoms with Gasteiger partial charge >= 0.3 is 6.03 Å². The first-order valence-electron chi connectivity index (χ1n) is 9.53. The van der Waals surface area contributed by atoms with Gasteiger partial charge in [0.25, 0.3) is 5.91 Å². The van der Waals surface area contributed by atoms with Gasteiger partial charge in [-0.15, -0.1) is 0 Å². The van der Waals surface area contributed by atoms with Gasteiger partial charge in [0, 0.05) is 18.1 Å². The number of benzene rings is 2. The highest BCUT2D eigenvalue weighted by molar-refractivity contribution is 6.31. The Hall–Kier alpha value is -2.84. The van der Waals surface area contributed by atoms with Gasteiger partial charge in [0.1, 0.15) is 11.6 Å². The average Bonchev–Trinajstić information content (AvgIpc) is 2.94. The largest absolute Gasteiger partial charge is 0.482 e. The number of nitrogens with two attached hydrogens (primary N) is 1. The van der Waals surface area contributed by atoms with Crippen molar-refractivity contribution in [3.8, 4) is 5.75 Å². The van der Waals surface area contributed by atoms with Gasteiger partial charge in [0.15, 0.2) is 6.61 Å². The average molecular weight is 436 g/mol. The van der Waals surface area contributed by atoms with Crippen LogP contribution in [0.2, 0.25) is 5.02 Å². The number of urea groups is 1. The number of carbonyl (C=O) groups is 2. The van der Waals surface area contributed by atoms with Gasteiger partial charge in [-0.1, -0.05) is 23.7 Å². The molecule has 0 aliphatic carbocycles. The van der Waals surface area contributed by atoms with E-state index >= 15 is 0 Å². The predicted molar refractivity (Wildman–Crippen MR) is 111 cm³/mol. The van der Waals surface area contributed by atoms with E-state index in [0.29, 0.717) is 49.0 Å². The number of rotatable bonds is 6. The molecule has 3 amide bonds. The van der Waals surface area contributed by atoms with E-state index in [1.807, 2.05) is 0 Å². The fourth-order valence-corrected chi connectivity index (χ4v) is 3.38. The van der Waals surface area contributed by atoms with E-state index in [1.54, 1.807) is 29.2 Å². The highest BCUT2D eigenvalue weighted by Crippen LogP contribution is 2.28. The van der Waals surface area contributed by atoms with Gasteiger partial charge in [0.2, 0.25) is 0 Å². The number of hydrogen-bond donors (Lipinski definition) is 2. The molecule has 2 aromatic carbocycles. The molecule has 3 rings (SSSR count). The van der Waals surface area contributed by atoms with E-state index in [9.17, 15) is 14.0 Å². The Morgan fingerprint density at radius 1 is 1.23 bits per heavy atom. The van der Waals surface area contributed by atoms with Crippen molar-refractivity contribution in [1.29, 1.82) is 0 Å². The topological polar surface area (TPSA) is 93.9 Å². The van der Waals surface area contributed by atoms with Crippen LogP contribution in [0.25, 0.3) is 0 Å². The van der Waals surface area contributed by atoms with Crippen molar-refractivity contribution in [2.45, 2.75) is 18.9 Å². The number of halogens is 2. The van der Waals surface area contributed by atoms with Crippen molar-refractivity contribution in [2.75, 3.05) is 31.6 Å². The summed E-state index contributed by atoms with van der Waals surface area (Å²) in [6, 6.07) is 10.2. The fourth-order valence-electron chi connectivity index (χ4n) is 3.21. The van der Waals surface area contributed by atoms with Crippen LogP contribution in [-0.2, 0) is 16.0 Å². The standard InChI is InChI=1S/C21H23ClFN3O4/c22-15-3-6-19(18(12-15)25-21(24)28)30-13-20(27)26-8-7-17(29-10-9-26)11-14-1-4-16(23)5-2-14/h1-6,12,17H,7-11,13H2,(H3,24,25,28). The Morgan fingerprint density at radius 3 is 2.73 bits per heavy atom. The van der Waals surface area contributed by atoms with Crippen LogP contribution in [0.15, 0.2) is 42.5 Å². The first kappa shape index (κ1) is 21.9. The molecule has 1 saturated heterocycles. The van der Waals surface area contributed by atoms with Crippen molar-refractivity contribution >= 4 is 29.2 Å². The second-order valence-electron chi connectivity index (χ2n) is 6.91. The zero-order valence-electron chi connectivity index (χ0n) is 16.3. The molecule has 0 bridgehead atoms. The third-order valence-electron chi connectivity index (χ3n) is 4.72. The van der Waals surface area contributed by atoms with E-state index in [0.717, 1.165) is 5.56 Å². The van der Waals surface area contributed by atoms with Crippen molar-refractivity contribution in [2.24, 2.45) is 5.73 Å². The van der Waals surface area contributed by atoms with Crippen LogP contribution in [0.1, 0.15) is 12.0 Å². The summed E-state index contributed by atoms with van der Waals surface area (Å²) in [5.74, 6) is -0.167. The van der Waals surface area contributed by atoms with Crippen LogP contribution in [0, 0.1) is 5.82 Å². The Morgan fingerprint density at radius 2 is 2.00 bits per heavy atom. The van der Waals surface area contributed by atoms with E-state index < -0.39 is 6.03 Å². The lowest BCUT2D eigenvalue weighted by atomic mass is 10.1. The van der Waals surface area contributed by atoms with Crippen LogP contribution in [0.5, 0.6) is 5.75 Å². The quantitative estimate of drug-likeness (QED) is 0.728. The summed E-state index contributed by atoms with van der Waals surface area (Å²) in [6.07, 6.45) is 1.28. The molecule has 2 aromatic rings. The molecule has 0 aromatic heterocycles. The van der Waals surface area contributed by atoms with Crippen LogP contribution in [0.3, 0.4) is 0 Å². The molecule has 0 saturated carbocycles. The number of nitrogens with one attached hydrogen (secondary N) is 1. The van der Waals surface area contributed by atoms with Gasteiger partial charge in [-0.3, -0.25) is 4.79 Å².